The average molecular weight is 357 g/mol. The fourth-order valence-corrected chi connectivity index (χ4v) is 2.85. The van der Waals surface area contributed by atoms with E-state index in [-0.39, 0.29) is 17.9 Å². The third-order valence-corrected chi connectivity index (χ3v) is 4.01. The molecule has 0 radical (unpaired) electrons. The number of nitrogens with zero attached hydrogens (tertiary/aromatic N) is 3. The number of thiazole rings is 1. The van der Waals surface area contributed by atoms with Gasteiger partial charge in [0.25, 0.3) is 11.2 Å². The van der Waals surface area contributed by atoms with E-state index in [0.717, 1.165) is 6.08 Å². The van der Waals surface area contributed by atoms with Gasteiger partial charge in [-0.2, -0.15) is 0 Å². The zero-order valence-corrected chi connectivity index (χ0v) is 13.5. The van der Waals surface area contributed by atoms with E-state index in [2.05, 4.69) is 4.98 Å². The number of hydrogen-bond donors (Lipinski definition) is 0. The van der Waals surface area contributed by atoms with Crippen molar-refractivity contribution in [1.29, 1.82) is 0 Å². The summed E-state index contributed by atoms with van der Waals surface area (Å²) in [5.41, 5.74) is 0.262. The van der Waals surface area contributed by atoms with Crippen LogP contribution in [0.3, 0.4) is 0 Å². The number of carbonyl (C=O) groups excluding carboxylic acids is 1. The van der Waals surface area contributed by atoms with E-state index >= 15 is 0 Å². The Bertz CT molecular complexity index is 1040. The minimum Gasteiger partial charge on any atom is -0.456 e. The second-order valence-electron chi connectivity index (χ2n) is 4.90. The van der Waals surface area contributed by atoms with Gasteiger partial charge in [0.2, 0.25) is 0 Å². The minimum absolute atomic E-state index is 0.107. The number of rotatable bonds is 5. The summed E-state index contributed by atoms with van der Waals surface area (Å²) >= 11 is 1.30. The normalized spacial score (nSPS) is 11.0. The number of esters is 1. The largest absolute Gasteiger partial charge is 0.456 e. The highest BCUT2D eigenvalue weighted by Crippen LogP contribution is 2.19. The first-order valence-electron chi connectivity index (χ1n) is 7.08. The molecule has 126 valence electrons. The number of aromatic nitrogens is 2. The van der Waals surface area contributed by atoms with Crippen molar-refractivity contribution < 1.29 is 14.5 Å². The summed E-state index contributed by atoms with van der Waals surface area (Å²) in [5.74, 6) is -0.689. The van der Waals surface area contributed by atoms with Crippen molar-refractivity contribution in [2.45, 2.75) is 6.61 Å². The summed E-state index contributed by atoms with van der Waals surface area (Å²) in [4.78, 5) is 38.7. The lowest BCUT2D eigenvalue weighted by Crippen LogP contribution is -2.14. The van der Waals surface area contributed by atoms with Crippen LogP contribution >= 0.6 is 11.3 Å². The maximum Gasteiger partial charge on any atom is 0.331 e. The maximum atomic E-state index is 11.8. The van der Waals surface area contributed by atoms with E-state index in [1.165, 1.54) is 40.0 Å². The highest BCUT2D eigenvalue weighted by atomic mass is 32.1. The van der Waals surface area contributed by atoms with Gasteiger partial charge in [-0.15, -0.1) is 11.3 Å². The molecule has 0 unspecified atom stereocenters. The molecule has 3 rings (SSSR count). The lowest BCUT2D eigenvalue weighted by molar-refractivity contribution is -0.385. The van der Waals surface area contributed by atoms with E-state index < -0.39 is 10.9 Å². The molecule has 2 heterocycles. The topological polar surface area (TPSA) is 104 Å². The van der Waals surface area contributed by atoms with Gasteiger partial charge in [0.1, 0.15) is 6.61 Å². The SMILES string of the molecule is O=C(/C=C/c1ccccc1[N+](=O)[O-])OCc1cc(=O)n2ccsc2n1. The smallest absolute Gasteiger partial charge is 0.331 e. The summed E-state index contributed by atoms with van der Waals surface area (Å²) in [6, 6.07) is 7.33. The molecule has 0 aliphatic carbocycles. The van der Waals surface area contributed by atoms with Gasteiger partial charge in [0.05, 0.1) is 16.2 Å². The van der Waals surface area contributed by atoms with Gasteiger partial charge in [-0.1, -0.05) is 12.1 Å². The summed E-state index contributed by atoms with van der Waals surface area (Å²) in [7, 11) is 0. The highest BCUT2D eigenvalue weighted by Gasteiger charge is 2.10. The molecule has 0 amide bonds. The van der Waals surface area contributed by atoms with Crippen LogP contribution in [0.15, 0.2) is 52.8 Å². The van der Waals surface area contributed by atoms with Crippen molar-refractivity contribution in [3.63, 3.8) is 0 Å². The number of nitro benzene ring substituents is 1. The van der Waals surface area contributed by atoms with Crippen LogP contribution in [0.25, 0.3) is 11.0 Å². The molecular formula is C16H11N3O5S. The van der Waals surface area contributed by atoms with Crippen LogP contribution < -0.4 is 5.56 Å². The van der Waals surface area contributed by atoms with Crippen LogP contribution in [0.2, 0.25) is 0 Å². The first-order chi connectivity index (χ1) is 12.0. The molecule has 2 aromatic heterocycles. The average Bonchev–Trinajstić information content (AvgIpc) is 3.07. The van der Waals surface area contributed by atoms with Crippen LogP contribution in [0, 0.1) is 10.1 Å². The molecule has 25 heavy (non-hydrogen) atoms. The van der Waals surface area contributed by atoms with Crippen LogP contribution in [0.5, 0.6) is 0 Å². The van der Waals surface area contributed by atoms with Crippen LogP contribution in [0.1, 0.15) is 11.3 Å². The van der Waals surface area contributed by atoms with Crippen molar-refractivity contribution in [3.05, 3.63) is 79.7 Å². The third kappa shape index (κ3) is 3.78. The monoisotopic (exact) mass is 357 g/mol. The molecule has 0 saturated heterocycles. The molecule has 0 fully saturated rings. The molecule has 0 aliphatic rings. The van der Waals surface area contributed by atoms with Crippen molar-refractivity contribution in [2.24, 2.45) is 0 Å². The fraction of sp³-hybridized carbons (Fsp3) is 0.0625. The molecule has 9 heteroatoms. The van der Waals surface area contributed by atoms with Gasteiger partial charge in [0.15, 0.2) is 4.96 Å². The number of hydrogen-bond acceptors (Lipinski definition) is 7. The number of ether oxygens (including phenoxy) is 1. The molecule has 1 aromatic carbocycles. The number of para-hydroxylation sites is 1. The van der Waals surface area contributed by atoms with E-state index in [1.54, 1.807) is 23.7 Å². The lowest BCUT2D eigenvalue weighted by Gasteiger charge is -2.02. The van der Waals surface area contributed by atoms with Gasteiger partial charge >= 0.3 is 5.97 Å². The second-order valence-corrected chi connectivity index (χ2v) is 5.77. The van der Waals surface area contributed by atoms with Gasteiger partial charge in [0, 0.05) is 29.8 Å². The maximum absolute atomic E-state index is 11.8. The zero-order valence-electron chi connectivity index (χ0n) is 12.7. The Hall–Kier alpha value is -3.33. The molecule has 0 saturated carbocycles. The molecular weight excluding hydrogens is 346 g/mol. The van der Waals surface area contributed by atoms with E-state index in [0.29, 0.717) is 16.2 Å². The molecule has 3 aromatic rings. The molecule has 0 atom stereocenters. The van der Waals surface area contributed by atoms with Gasteiger partial charge < -0.3 is 4.74 Å². The Labute approximate surface area is 144 Å². The van der Waals surface area contributed by atoms with Crippen molar-refractivity contribution in [3.8, 4) is 0 Å². The first kappa shape index (κ1) is 16.5. The van der Waals surface area contributed by atoms with Gasteiger partial charge in [-0.25, -0.2) is 9.78 Å². The highest BCUT2D eigenvalue weighted by molar-refractivity contribution is 7.15. The van der Waals surface area contributed by atoms with Crippen molar-refractivity contribution >= 4 is 34.0 Å². The van der Waals surface area contributed by atoms with E-state index in [4.69, 9.17) is 4.74 Å². The Morgan fingerprint density at radius 3 is 3.00 bits per heavy atom. The Morgan fingerprint density at radius 1 is 1.40 bits per heavy atom. The Balaban J connectivity index is 1.68. The van der Waals surface area contributed by atoms with Gasteiger partial charge in [-0.3, -0.25) is 19.3 Å². The lowest BCUT2D eigenvalue weighted by atomic mass is 10.1. The van der Waals surface area contributed by atoms with Crippen LogP contribution in [-0.4, -0.2) is 20.3 Å². The number of carbonyl (C=O) groups is 1. The quantitative estimate of drug-likeness (QED) is 0.301. The third-order valence-electron chi connectivity index (χ3n) is 3.25. The minimum atomic E-state index is -0.689. The Kier molecular flexibility index (Phi) is 4.66. The summed E-state index contributed by atoms with van der Waals surface area (Å²) in [5, 5.41) is 12.6. The molecule has 0 spiro atoms. The molecule has 0 N–H and O–H groups in total. The summed E-state index contributed by atoms with van der Waals surface area (Å²) in [6.45, 7) is -0.163. The number of benzene rings is 1. The molecule has 8 nitrogen and oxygen atoms in total. The van der Waals surface area contributed by atoms with Crippen LogP contribution in [0.4, 0.5) is 5.69 Å². The number of nitro groups is 1. The predicted molar refractivity (Wildman–Crippen MR) is 91.3 cm³/mol. The Morgan fingerprint density at radius 2 is 2.20 bits per heavy atom. The second kappa shape index (κ2) is 7.05. The first-order valence-corrected chi connectivity index (χ1v) is 7.96. The zero-order chi connectivity index (χ0) is 17.8. The molecule has 0 bridgehead atoms. The summed E-state index contributed by atoms with van der Waals surface area (Å²) in [6.07, 6.45) is 4.02. The fourth-order valence-electron chi connectivity index (χ4n) is 2.11. The van der Waals surface area contributed by atoms with Crippen LogP contribution in [-0.2, 0) is 16.1 Å². The van der Waals surface area contributed by atoms with Gasteiger partial charge in [-0.05, 0) is 12.1 Å². The van der Waals surface area contributed by atoms with Crippen molar-refractivity contribution in [1.82, 2.24) is 9.38 Å². The predicted octanol–water partition coefficient (Wildman–Crippen LogP) is 2.42. The van der Waals surface area contributed by atoms with E-state index in [9.17, 15) is 19.7 Å². The standard InChI is InChI=1S/C16H11N3O5S/c20-14-9-12(17-16-18(14)7-8-25-16)10-24-15(21)6-5-11-3-1-2-4-13(11)19(22)23/h1-9H,10H2/b6-5+. The van der Waals surface area contributed by atoms with E-state index in [1.807, 2.05) is 0 Å². The molecule has 0 aliphatic heterocycles. The summed E-state index contributed by atoms with van der Waals surface area (Å²) < 4.78 is 6.42. The number of fused-ring (bicyclic) bond motifs is 1. The van der Waals surface area contributed by atoms with Crippen molar-refractivity contribution in [2.75, 3.05) is 0 Å².